The average molecular weight is 293 g/mol. The fraction of sp³-hybridized carbons (Fsp3) is 0.750. The molecule has 0 amide bonds. The molecule has 0 fully saturated rings. The van der Waals surface area contributed by atoms with E-state index < -0.39 is 18.4 Å². The molecular formula is C8H12BrF3O3. The highest BCUT2D eigenvalue weighted by Crippen LogP contribution is 2.26. The quantitative estimate of drug-likeness (QED) is 0.533. The predicted octanol–water partition coefficient (Wildman–Crippen LogP) is 2.46. The third-order valence-electron chi connectivity index (χ3n) is 1.35. The molecule has 0 aliphatic rings. The van der Waals surface area contributed by atoms with E-state index in [4.69, 9.17) is 4.74 Å². The lowest BCUT2D eigenvalue weighted by molar-refractivity contribution is -0.113. The van der Waals surface area contributed by atoms with E-state index in [2.05, 4.69) is 25.4 Å². The van der Waals surface area contributed by atoms with Crippen molar-refractivity contribution in [3.63, 3.8) is 0 Å². The van der Waals surface area contributed by atoms with Gasteiger partial charge in [-0.05, 0) is 4.99 Å². The van der Waals surface area contributed by atoms with Gasteiger partial charge in [0, 0.05) is 7.11 Å². The van der Waals surface area contributed by atoms with Crippen molar-refractivity contribution >= 4 is 15.9 Å². The van der Waals surface area contributed by atoms with Crippen molar-refractivity contribution in [3.05, 3.63) is 10.6 Å². The van der Waals surface area contributed by atoms with Crippen molar-refractivity contribution < 1.29 is 27.4 Å². The highest BCUT2D eigenvalue weighted by atomic mass is 79.9. The lowest BCUT2D eigenvalue weighted by Crippen LogP contribution is -2.17. The molecule has 3 nitrogen and oxygen atoms in total. The summed E-state index contributed by atoms with van der Waals surface area (Å²) in [6, 6.07) is 0. The first kappa shape index (κ1) is 14.9. The van der Waals surface area contributed by atoms with Crippen molar-refractivity contribution in [2.75, 3.05) is 33.7 Å². The van der Waals surface area contributed by atoms with Crippen molar-refractivity contribution in [1.29, 1.82) is 0 Å². The SMILES string of the molecule is COCCOCOC/C(=C\Br)C(F)(F)F. The lowest BCUT2D eigenvalue weighted by Gasteiger charge is -2.11. The molecule has 0 aromatic rings. The number of alkyl halides is 3. The first-order chi connectivity index (χ1) is 7.02. The molecule has 0 N–H and O–H groups in total. The summed E-state index contributed by atoms with van der Waals surface area (Å²) in [7, 11) is 1.50. The van der Waals surface area contributed by atoms with Crippen molar-refractivity contribution in [2.24, 2.45) is 0 Å². The van der Waals surface area contributed by atoms with Gasteiger partial charge in [-0.3, -0.25) is 0 Å². The van der Waals surface area contributed by atoms with Crippen LogP contribution in [0.15, 0.2) is 10.6 Å². The van der Waals surface area contributed by atoms with E-state index in [9.17, 15) is 13.2 Å². The molecule has 90 valence electrons. The van der Waals surface area contributed by atoms with E-state index in [0.29, 0.717) is 6.61 Å². The number of hydrogen-bond acceptors (Lipinski definition) is 3. The van der Waals surface area contributed by atoms with Gasteiger partial charge >= 0.3 is 6.18 Å². The third kappa shape index (κ3) is 7.78. The smallest absolute Gasteiger partial charge is 0.382 e. The maximum Gasteiger partial charge on any atom is 0.415 e. The molecule has 0 aromatic carbocycles. The molecule has 0 aromatic heterocycles. The number of methoxy groups -OCH3 is 1. The number of ether oxygens (including phenoxy) is 3. The van der Waals surface area contributed by atoms with Crippen LogP contribution >= 0.6 is 15.9 Å². The first-order valence-electron chi connectivity index (χ1n) is 4.03. The predicted molar refractivity (Wildman–Crippen MR) is 51.7 cm³/mol. The Morgan fingerprint density at radius 3 is 2.40 bits per heavy atom. The zero-order valence-electron chi connectivity index (χ0n) is 8.14. The molecular weight excluding hydrogens is 281 g/mol. The van der Waals surface area contributed by atoms with Crippen LogP contribution in [0.4, 0.5) is 13.2 Å². The van der Waals surface area contributed by atoms with Crippen molar-refractivity contribution in [3.8, 4) is 0 Å². The van der Waals surface area contributed by atoms with E-state index in [-0.39, 0.29) is 13.4 Å². The summed E-state index contributed by atoms with van der Waals surface area (Å²) in [6.07, 6.45) is -4.38. The van der Waals surface area contributed by atoms with Crippen LogP contribution in [0, 0.1) is 0 Å². The minimum atomic E-state index is -4.38. The van der Waals surface area contributed by atoms with Gasteiger partial charge in [-0.15, -0.1) is 0 Å². The Morgan fingerprint density at radius 2 is 1.93 bits per heavy atom. The fourth-order valence-electron chi connectivity index (χ4n) is 0.587. The number of halogens is 4. The molecule has 0 spiro atoms. The van der Waals surface area contributed by atoms with E-state index in [1.807, 2.05) is 0 Å². The zero-order valence-corrected chi connectivity index (χ0v) is 9.73. The summed E-state index contributed by atoms with van der Waals surface area (Å²) in [5.41, 5.74) is -0.794. The summed E-state index contributed by atoms with van der Waals surface area (Å²) in [5.74, 6) is 0. The molecule has 0 saturated heterocycles. The van der Waals surface area contributed by atoms with Crippen LogP contribution < -0.4 is 0 Å². The van der Waals surface area contributed by atoms with E-state index in [1.165, 1.54) is 7.11 Å². The second kappa shape index (κ2) is 8.09. The molecule has 15 heavy (non-hydrogen) atoms. The molecule has 0 radical (unpaired) electrons. The molecule has 0 bridgehead atoms. The minimum absolute atomic E-state index is 0.191. The van der Waals surface area contributed by atoms with Gasteiger partial charge < -0.3 is 14.2 Å². The standard InChI is InChI=1S/C8H12BrF3O3/c1-13-2-3-14-6-15-5-7(4-9)8(10,11)12/h4H,2-3,5-6H2,1H3/b7-4+. The van der Waals surface area contributed by atoms with E-state index >= 15 is 0 Å². The second-order valence-electron chi connectivity index (χ2n) is 2.50. The van der Waals surface area contributed by atoms with Crippen LogP contribution in [0.25, 0.3) is 0 Å². The monoisotopic (exact) mass is 292 g/mol. The Morgan fingerprint density at radius 1 is 1.27 bits per heavy atom. The van der Waals surface area contributed by atoms with Gasteiger partial charge in [0.1, 0.15) is 6.79 Å². The molecule has 0 aliphatic heterocycles. The maximum absolute atomic E-state index is 12.1. The van der Waals surface area contributed by atoms with Crippen LogP contribution in [0.5, 0.6) is 0 Å². The lowest BCUT2D eigenvalue weighted by atomic mass is 10.3. The summed E-state index contributed by atoms with van der Waals surface area (Å²) in [6.45, 7) is -0.0643. The number of hydrogen-bond donors (Lipinski definition) is 0. The van der Waals surface area contributed by atoms with Gasteiger partial charge in [-0.2, -0.15) is 13.2 Å². The summed E-state index contributed by atoms with van der Waals surface area (Å²) in [5, 5.41) is 0. The van der Waals surface area contributed by atoms with Crippen LogP contribution in [-0.4, -0.2) is 39.9 Å². The molecule has 0 unspecified atom stereocenters. The minimum Gasteiger partial charge on any atom is -0.382 e. The third-order valence-corrected chi connectivity index (χ3v) is 1.90. The highest BCUT2D eigenvalue weighted by Gasteiger charge is 2.33. The second-order valence-corrected chi connectivity index (χ2v) is 2.96. The molecule has 0 heterocycles. The Hall–Kier alpha value is -0.110. The van der Waals surface area contributed by atoms with Crippen molar-refractivity contribution in [1.82, 2.24) is 0 Å². The van der Waals surface area contributed by atoms with E-state index in [1.54, 1.807) is 0 Å². The van der Waals surface area contributed by atoms with Crippen LogP contribution in [0.1, 0.15) is 0 Å². The van der Waals surface area contributed by atoms with Gasteiger partial charge in [0.25, 0.3) is 0 Å². The average Bonchev–Trinajstić information content (AvgIpc) is 2.15. The van der Waals surface area contributed by atoms with Gasteiger partial charge in [0.05, 0.1) is 25.4 Å². The largest absolute Gasteiger partial charge is 0.415 e. The Labute approximate surface area is 94.3 Å². The topological polar surface area (TPSA) is 27.7 Å². The van der Waals surface area contributed by atoms with Crippen LogP contribution in [0.2, 0.25) is 0 Å². The molecule has 0 aliphatic carbocycles. The van der Waals surface area contributed by atoms with Gasteiger partial charge in [0.2, 0.25) is 0 Å². The van der Waals surface area contributed by atoms with E-state index in [0.717, 1.165) is 4.99 Å². The number of rotatable bonds is 7. The van der Waals surface area contributed by atoms with Crippen molar-refractivity contribution in [2.45, 2.75) is 6.18 Å². The van der Waals surface area contributed by atoms with Crippen LogP contribution in [-0.2, 0) is 14.2 Å². The molecule has 0 rings (SSSR count). The summed E-state index contributed by atoms with van der Waals surface area (Å²) < 4.78 is 50.5. The Kier molecular flexibility index (Phi) is 8.03. The summed E-state index contributed by atoms with van der Waals surface area (Å²) >= 11 is 2.62. The molecule has 7 heteroatoms. The first-order valence-corrected chi connectivity index (χ1v) is 4.94. The molecule has 0 atom stereocenters. The fourth-order valence-corrected chi connectivity index (χ4v) is 0.979. The zero-order chi connectivity index (χ0) is 11.7. The van der Waals surface area contributed by atoms with Gasteiger partial charge in [-0.25, -0.2) is 0 Å². The normalized spacial score (nSPS) is 13.3. The van der Waals surface area contributed by atoms with Gasteiger partial charge in [0.15, 0.2) is 0 Å². The highest BCUT2D eigenvalue weighted by molar-refractivity contribution is 9.11. The summed E-state index contributed by atoms with van der Waals surface area (Å²) in [4.78, 5) is 0.794. The Balaban J connectivity index is 3.58. The Bertz CT molecular complexity index is 194. The van der Waals surface area contributed by atoms with Crippen LogP contribution in [0.3, 0.4) is 0 Å². The van der Waals surface area contributed by atoms with Gasteiger partial charge in [-0.1, -0.05) is 15.9 Å². The maximum atomic E-state index is 12.1. The molecule has 0 saturated carbocycles.